The zero-order valence-corrected chi connectivity index (χ0v) is 17.4. The predicted octanol–water partition coefficient (Wildman–Crippen LogP) is 4.41. The second-order valence-corrected chi connectivity index (χ2v) is 8.38. The Labute approximate surface area is 181 Å². The van der Waals surface area contributed by atoms with Crippen LogP contribution in [0.25, 0.3) is 22.4 Å². The van der Waals surface area contributed by atoms with Gasteiger partial charge in [-0.3, -0.25) is 0 Å². The van der Waals surface area contributed by atoms with Gasteiger partial charge >= 0.3 is 0 Å². The van der Waals surface area contributed by atoms with Gasteiger partial charge in [0, 0.05) is 18.0 Å². The van der Waals surface area contributed by atoms with Crippen LogP contribution < -0.4 is 5.32 Å². The van der Waals surface area contributed by atoms with Gasteiger partial charge in [0.2, 0.25) is 11.7 Å². The number of imidazole rings is 1. The predicted molar refractivity (Wildman–Crippen MR) is 118 cm³/mol. The van der Waals surface area contributed by atoms with Crippen LogP contribution in [-0.2, 0) is 6.54 Å². The number of para-hydroxylation sites is 2. The van der Waals surface area contributed by atoms with Crippen molar-refractivity contribution in [3.63, 3.8) is 0 Å². The molecule has 154 valence electrons. The van der Waals surface area contributed by atoms with Crippen LogP contribution in [0.15, 0.2) is 59.4 Å². The molecule has 2 aromatic carbocycles. The SMILES string of the molecule is Cl.c1ccc2c(c1)ncn2Cc1ccc(-c2noc(C3CC34CCNCC4)n2)cc1. The van der Waals surface area contributed by atoms with Gasteiger partial charge in [-0.05, 0) is 55.5 Å². The number of nitrogens with zero attached hydrogens (tertiary/aromatic N) is 4. The van der Waals surface area contributed by atoms with Crippen LogP contribution in [0.3, 0.4) is 0 Å². The Balaban J connectivity index is 0.00000193. The molecular weight excluding hydrogens is 398 g/mol. The highest BCUT2D eigenvalue weighted by Crippen LogP contribution is 2.63. The molecule has 30 heavy (non-hydrogen) atoms. The van der Waals surface area contributed by atoms with Crippen LogP contribution in [0.2, 0.25) is 0 Å². The second kappa shape index (κ2) is 7.52. The van der Waals surface area contributed by atoms with E-state index in [9.17, 15) is 0 Å². The van der Waals surface area contributed by atoms with Gasteiger partial charge in [-0.25, -0.2) is 4.98 Å². The maximum atomic E-state index is 5.64. The zero-order valence-electron chi connectivity index (χ0n) is 16.6. The molecule has 2 aromatic heterocycles. The average molecular weight is 422 g/mol. The molecule has 1 atom stereocenters. The first kappa shape index (κ1) is 19.3. The van der Waals surface area contributed by atoms with E-state index < -0.39 is 0 Å². The van der Waals surface area contributed by atoms with Crippen molar-refractivity contribution in [3.05, 3.63) is 66.3 Å². The van der Waals surface area contributed by atoms with Crippen molar-refractivity contribution in [1.82, 2.24) is 25.0 Å². The standard InChI is InChI=1S/C23H23N5O.ClH/c1-2-4-20-19(3-1)25-15-28(20)14-16-5-7-17(8-6-16)21-26-22(29-27-21)18-13-23(18)9-11-24-12-10-23;/h1-8,15,18,24H,9-14H2;1H. The lowest BCUT2D eigenvalue weighted by molar-refractivity contribution is 0.311. The number of halogens is 1. The Hall–Kier alpha value is -2.70. The van der Waals surface area contributed by atoms with Crippen molar-refractivity contribution in [2.45, 2.75) is 31.7 Å². The molecule has 2 fully saturated rings. The van der Waals surface area contributed by atoms with Crippen molar-refractivity contribution in [3.8, 4) is 11.4 Å². The van der Waals surface area contributed by atoms with Gasteiger partial charge in [-0.15, -0.1) is 12.4 Å². The molecule has 1 saturated carbocycles. The van der Waals surface area contributed by atoms with Crippen molar-refractivity contribution < 1.29 is 4.52 Å². The molecule has 0 amide bonds. The van der Waals surface area contributed by atoms with E-state index in [1.807, 2.05) is 24.5 Å². The van der Waals surface area contributed by atoms with Crippen molar-refractivity contribution in [2.75, 3.05) is 13.1 Å². The second-order valence-electron chi connectivity index (χ2n) is 8.38. The van der Waals surface area contributed by atoms with E-state index in [0.29, 0.717) is 17.2 Å². The maximum Gasteiger partial charge on any atom is 0.230 e. The van der Waals surface area contributed by atoms with Crippen LogP contribution in [-0.4, -0.2) is 32.8 Å². The normalized spacial score (nSPS) is 19.7. The van der Waals surface area contributed by atoms with E-state index in [2.05, 4.69) is 50.4 Å². The minimum Gasteiger partial charge on any atom is -0.339 e. The number of aromatic nitrogens is 4. The number of hydrogen-bond donors (Lipinski definition) is 1. The number of benzene rings is 2. The monoisotopic (exact) mass is 421 g/mol. The van der Waals surface area contributed by atoms with Crippen LogP contribution in [0.4, 0.5) is 0 Å². The topological polar surface area (TPSA) is 68.8 Å². The van der Waals surface area contributed by atoms with Gasteiger partial charge in [0.25, 0.3) is 0 Å². The van der Waals surface area contributed by atoms with Crippen molar-refractivity contribution in [2.24, 2.45) is 5.41 Å². The third kappa shape index (κ3) is 3.30. The van der Waals surface area contributed by atoms with E-state index in [1.54, 1.807) is 0 Å². The Morgan fingerprint density at radius 3 is 2.70 bits per heavy atom. The van der Waals surface area contributed by atoms with E-state index in [-0.39, 0.29) is 12.4 Å². The fraction of sp³-hybridized carbons (Fsp3) is 0.348. The molecule has 1 unspecified atom stereocenters. The van der Waals surface area contributed by atoms with Crippen molar-refractivity contribution >= 4 is 23.4 Å². The number of piperidine rings is 1. The van der Waals surface area contributed by atoms with Crippen LogP contribution in [0.5, 0.6) is 0 Å². The minimum atomic E-state index is 0. The van der Waals surface area contributed by atoms with Gasteiger partial charge in [-0.1, -0.05) is 41.6 Å². The zero-order chi connectivity index (χ0) is 19.3. The van der Waals surface area contributed by atoms with Gasteiger partial charge in [0.1, 0.15) is 0 Å². The minimum absolute atomic E-state index is 0. The number of rotatable bonds is 4. The maximum absolute atomic E-state index is 5.64. The lowest BCUT2D eigenvalue weighted by Gasteiger charge is -2.22. The van der Waals surface area contributed by atoms with Crippen molar-refractivity contribution in [1.29, 1.82) is 0 Å². The van der Waals surface area contributed by atoms with E-state index >= 15 is 0 Å². The average Bonchev–Trinajstić information content (AvgIpc) is 3.11. The van der Waals surface area contributed by atoms with Gasteiger partial charge in [-0.2, -0.15) is 4.98 Å². The molecule has 1 aliphatic heterocycles. The lowest BCUT2D eigenvalue weighted by atomic mass is 9.92. The number of fused-ring (bicyclic) bond motifs is 1. The molecule has 0 bridgehead atoms. The molecule has 6 nitrogen and oxygen atoms in total. The summed E-state index contributed by atoms with van der Waals surface area (Å²) < 4.78 is 7.81. The quantitative estimate of drug-likeness (QED) is 0.528. The summed E-state index contributed by atoms with van der Waals surface area (Å²) in [5, 5.41) is 7.70. The molecule has 6 rings (SSSR count). The van der Waals surface area contributed by atoms with Gasteiger partial charge < -0.3 is 14.4 Å². The summed E-state index contributed by atoms with van der Waals surface area (Å²) in [6.07, 6.45) is 5.52. The first-order chi connectivity index (χ1) is 14.3. The highest BCUT2D eigenvalue weighted by Gasteiger charge is 2.57. The molecule has 2 aliphatic rings. The molecule has 0 radical (unpaired) electrons. The van der Waals surface area contributed by atoms with E-state index in [0.717, 1.165) is 42.1 Å². The lowest BCUT2D eigenvalue weighted by Crippen LogP contribution is -2.29. The molecule has 1 spiro atoms. The van der Waals surface area contributed by atoms with Crippen LogP contribution in [0.1, 0.15) is 36.6 Å². The summed E-state index contributed by atoms with van der Waals surface area (Å²) in [6.45, 7) is 2.99. The van der Waals surface area contributed by atoms with E-state index in [4.69, 9.17) is 9.51 Å². The summed E-state index contributed by atoms with van der Waals surface area (Å²) in [4.78, 5) is 9.19. The molecule has 1 aliphatic carbocycles. The fourth-order valence-corrected chi connectivity index (χ4v) is 4.76. The first-order valence-corrected chi connectivity index (χ1v) is 10.3. The molecular formula is C23H24ClN5O. The summed E-state index contributed by atoms with van der Waals surface area (Å²) in [7, 11) is 0. The first-order valence-electron chi connectivity index (χ1n) is 10.3. The third-order valence-corrected chi connectivity index (χ3v) is 6.62. The Morgan fingerprint density at radius 2 is 1.87 bits per heavy atom. The van der Waals surface area contributed by atoms with Crippen LogP contribution in [0, 0.1) is 5.41 Å². The largest absolute Gasteiger partial charge is 0.339 e. The molecule has 3 heterocycles. The van der Waals surface area contributed by atoms with Crippen LogP contribution >= 0.6 is 12.4 Å². The smallest absolute Gasteiger partial charge is 0.230 e. The highest BCUT2D eigenvalue weighted by atomic mass is 35.5. The van der Waals surface area contributed by atoms with Gasteiger partial charge in [0.15, 0.2) is 0 Å². The highest BCUT2D eigenvalue weighted by molar-refractivity contribution is 5.85. The number of hydrogen-bond acceptors (Lipinski definition) is 5. The molecule has 1 N–H and O–H groups in total. The fourth-order valence-electron chi connectivity index (χ4n) is 4.76. The Morgan fingerprint density at radius 1 is 1.07 bits per heavy atom. The summed E-state index contributed by atoms with van der Waals surface area (Å²) in [5.74, 6) is 1.95. The number of nitrogens with one attached hydrogen (secondary N) is 1. The summed E-state index contributed by atoms with van der Waals surface area (Å²) in [5.41, 5.74) is 4.80. The van der Waals surface area contributed by atoms with Gasteiger partial charge in [0.05, 0.1) is 17.4 Å². The van der Waals surface area contributed by atoms with E-state index in [1.165, 1.54) is 24.8 Å². The Bertz CT molecular complexity index is 1160. The molecule has 1 saturated heterocycles. The summed E-state index contributed by atoms with van der Waals surface area (Å²) >= 11 is 0. The molecule has 4 aromatic rings. The Kier molecular flexibility index (Phi) is 4.83. The summed E-state index contributed by atoms with van der Waals surface area (Å²) in [6, 6.07) is 16.6. The molecule has 7 heteroatoms. The third-order valence-electron chi connectivity index (χ3n) is 6.62.